The third-order valence-electron chi connectivity index (χ3n) is 3.54. The van der Waals surface area contributed by atoms with Crippen LogP contribution in [-0.4, -0.2) is 25.6 Å². The lowest BCUT2D eigenvalue weighted by molar-refractivity contribution is 0.776. The quantitative estimate of drug-likeness (QED) is 0.617. The molecule has 1 aromatic rings. The van der Waals surface area contributed by atoms with Crippen molar-refractivity contribution in [1.29, 1.82) is 0 Å². The molecule has 0 aromatic heterocycles. The van der Waals surface area contributed by atoms with Crippen molar-refractivity contribution in [3.05, 3.63) is 34.9 Å². The van der Waals surface area contributed by atoms with Crippen molar-refractivity contribution in [3.63, 3.8) is 0 Å². The first-order valence-corrected chi connectivity index (χ1v) is 7.76. The lowest BCUT2D eigenvalue weighted by atomic mass is 10.1. The van der Waals surface area contributed by atoms with Gasteiger partial charge in [0.05, 0.1) is 0 Å². The lowest BCUT2D eigenvalue weighted by Gasteiger charge is -2.11. The first-order valence-electron chi connectivity index (χ1n) is 7.76. The van der Waals surface area contributed by atoms with Gasteiger partial charge in [-0.1, -0.05) is 29.3 Å². The van der Waals surface area contributed by atoms with Crippen LogP contribution < -0.4 is 10.6 Å². The van der Waals surface area contributed by atoms with Crippen LogP contribution in [0, 0.1) is 19.8 Å². The van der Waals surface area contributed by atoms with E-state index in [1.165, 1.54) is 29.5 Å². The average Bonchev–Trinajstić information content (AvgIpc) is 3.18. The molecule has 1 aliphatic carbocycles. The SMILES string of the molecule is CCNC(=NCC1CC1)NCCc1cc(C)cc(C)c1. The molecular formula is C17H27N3. The fourth-order valence-electron chi connectivity index (χ4n) is 2.40. The molecule has 0 bridgehead atoms. The summed E-state index contributed by atoms with van der Waals surface area (Å²) < 4.78 is 0. The Morgan fingerprint density at radius 1 is 1.15 bits per heavy atom. The lowest BCUT2D eigenvalue weighted by Crippen LogP contribution is -2.38. The average molecular weight is 273 g/mol. The Hall–Kier alpha value is -1.51. The predicted molar refractivity (Wildman–Crippen MR) is 86.3 cm³/mol. The van der Waals surface area contributed by atoms with Crippen LogP contribution in [0.4, 0.5) is 0 Å². The largest absolute Gasteiger partial charge is 0.357 e. The molecule has 2 rings (SSSR count). The van der Waals surface area contributed by atoms with Gasteiger partial charge in [0.2, 0.25) is 0 Å². The van der Waals surface area contributed by atoms with E-state index >= 15 is 0 Å². The Balaban J connectivity index is 1.80. The van der Waals surface area contributed by atoms with Crippen LogP contribution in [0.25, 0.3) is 0 Å². The molecule has 0 saturated heterocycles. The van der Waals surface area contributed by atoms with Crippen molar-refractivity contribution in [2.45, 2.75) is 40.0 Å². The zero-order chi connectivity index (χ0) is 14.4. The molecule has 20 heavy (non-hydrogen) atoms. The summed E-state index contributed by atoms with van der Waals surface area (Å²) in [5.41, 5.74) is 4.08. The minimum atomic E-state index is 0.838. The van der Waals surface area contributed by atoms with E-state index < -0.39 is 0 Å². The van der Waals surface area contributed by atoms with E-state index in [1.807, 2.05) is 0 Å². The van der Waals surface area contributed by atoms with Gasteiger partial charge in [0.15, 0.2) is 5.96 Å². The Morgan fingerprint density at radius 2 is 1.85 bits per heavy atom. The second-order valence-electron chi connectivity index (χ2n) is 5.84. The number of rotatable bonds is 6. The number of aliphatic imine (C=N–C) groups is 1. The molecule has 1 aromatic carbocycles. The maximum Gasteiger partial charge on any atom is 0.191 e. The van der Waals surface area contributed by atoms with Crippen LogP contribution in [-0.2, 0) is 6.42 Å². The minimum absolute atomic E-state index is 0.838. The molecule has 0 heterocycles. The summed E-state index contributed by atoms with van der Waals surface area (Å²) in [5, 5.41) is 6.74. The molecule has 1 fully saturated rings. The van der Waals surface area contributed by atoms with Crippen molar-refractivity contribution in [3.8, 4) is 0 Å². The minimum Gasteiger partial charge on any atom is -0.357 e. The van der Waals surface area contributed by atoms with Crippen molar-refractivity contribution in [2.24, 2.45) is 10.9 Å². The van der Waals surface area contributed by atoms with E-state index in [0.29, 0.717) is 0 Å². The summed E-state index contributed by atoms with van der Waals surface area (Å²) in [6, 6.07) is 6.75. The molecule has 0 aliphatic heterocycles. The van der Waals surface area contributed by atoms with E-state index in [0.717, 1.165) is 37.9 Å². The zero-order valence-electron chi connectivity index (χ0n) is 13.0. The van der Waals surface area contributed by atoms with Crippen molar-refractivity contribution in [1.82, 2.24) is 10.6 Å². The third kappa shape index (κ3) is 5.24. The highest BCUT2D eigenvalue weighted by Crippen LogP contribution is 2.28. The number of hydrogen-bond donors (Lipinski definition) is 2. The van der Waals surface area contributed by atoms with Crippen molar-refractivity contribution in [2.75, 3.05) is 19.6 Å². The van der Waals surface area contributed by atoms with Crippen LogP contribution in [0.3, 0.4) is 0 Å². The maximum absolute atomic E-state index is 4.64. The molecule has 1 aliphatic rings. The summed E-state index contributed by atoms with van der Waals surface area (Å²) in [6.07, 6.45) is 3.74. The Bertz CT molecular complexity index is 441. The second kappa shape index (κ2) is 7.32. The topological polar surface area (TPSA) is 36.4 Å². The van der Waals surface area contributed by atoms with Crippen LogP contribution in [0.5, 0.6) is 0 Å². The number of guanidine groups is 1. The Labute approximate surface area is 122 Å². The van der Waals surface area contributed by atoms with Gasteiger partial charge in [-0.3, -0.25) is 4.99 Å². The fraction of sp³-hybridized carbons (Fsp3) is 0.588. The summed E-state index contributed by atoms with van der Waals surface area (Å²) in [7, 11) is 0. The van der Waals surface area contributed by atoms with E-state index in [1.54, 1.807) is 0 Å². The maximum atomic E-state index is 4.64. The standard InChI is InChI=1S/C17H27N3/c1-4-18-17(20-12-15-5-6-15)19-8-7-16-10-13(2)9-14(3)11-16/h9-11,15H,4-8,12H2,1-3H3,(H2,18,19,20). The van der Waals surface area contributed by atoms with Gasteiger partial charge in [-0.25, -0.2) is 0 Å². The molecule has 0 spiro atoms. The highest BCUT2D eigenvalue weighted by molar-refractivity contribution is 5.79. The number of nitrogens with one attached hydrogen (secondary N) is 2. The van der Waals surface area contributed by atoms with Crippen molar-refractivity contribution >= 4 is 5.96 Å². The zero-order valence-corrected chi connectivity index (χ0v) is 13.0. The number of benzene rings is 1. The Kier molecular flexibility index (Phi) is 5.45. The third-order valence-corrected chi connectivity index (χ3v) is 3.54. The van der Waals surface area contributed by atoms with Crippen LogP contribution >= 0.6 is 0 Å². The predicted octanol–water partition coefficient (Wildman–Crippen LogP) is 2.81. The highest BCUT2D eigenvalue weighted by Gasteiger charge is 2.20. The molecule has 0 unspecified atom stereocenters. The molecule has 0 radical (unpaired) electrons. The first-order chi connectivity index (χ1) is 9.67. The summed E-state index contributed by atoms with van der Waals surface area (Å²) in [5.74, 6) is 1.80. The molecule has 3 heteroatoms. The number of hydrogen-bond acceptors (Lipinski definition) is 1. The van der Waals surface area contributed by atoms with Gasteiger partial charge in [0.25, 0.3) is 0 Å². The van der Waals surface area contributed by atoms with Gasteiger partial charge in [-0.15, -0.1) is 0 Å². The summed E-state index contributed by atoms with van der Waals surface area (Å²) >= 11 is 0. The Morgan fingerprint density at radius 3 is 2.45 bits per heavy atom. The molecule has 1 saturated carbocycles. The normalized spacial score (nSPS) is 15.2. The van der Waals surface area contributed by atoms with Gasteiger partial charge in [-0.2, -0.15) is 0 Å². The van der Waals surface area contributed by atoms with Crippen LogP contribution in [0.2, 0.25) is 0 Å². The highest BCUT2D eigenvalue weighted by atomic mass is 15.2. The number of nitrogens with zero attached hydrogens (tertiary/aromatic N) is 1. The van der Waals surface area contributed by atoms with E-state index in [-0.39, 0.29) is 0 Å². The van der Waals surface area contributed by atoms with Gasteiger partial charge < -0.3 is 10.6 Å². The molecule has 0 amide bonds. The first kappa shape index (κ1) is 14.9. The van der Waals surface area contributed by atoms with Gasteiger partial charge >= 0.3 is 0 Å². The summed E-state index contributed by atoms with van der Waals surface area (Å²) in [4.78, 5) is 4.64. The molecule has 3 nitrogen and oxygen atoms in total. The van der Waals surface area contributed by atoms with Gasteiger partial charge in [0.1, 0.15) is 0 Å². The van der Waals surface area contributed by atoms with Crippen LogP contribution in [0.1, 0.15) is 36.5 Å². The van der Waals surface area contributed by atoms with Gasteiger partial charge in [-0.05, 0) is 51.5 Å². The molecular weight excluding hydrogens is 246 g/mol. The van der Waals surface area contributed by atoms with Crippen LogP contribution in [0.15, 0.2) is 23.2 Å². The number of aryl methyl sites for hydroxylation is 2. The monoisotopic (exact) mass is 273 g/mol. The van der Waals surface area contributed by atoms with Crippen molar-refractivity contribution < 1.29 is 0 Å². The molecule has 2 N–H and O–H groups in total. The smallest absolute Gasteiger partial charge is 0.191 e. The van der Waals surface area contributed by atoms with E-state index in [9.17, 15) is 0 Å². The van der Waals surface area contributed by atoms with Gasteiger partial charge in [0, 0.05) is 19.6 Å². The molecule has 0 atom stereocenters. The fourth-order valence-corrected chi connectivity index (χ4v) is 2.40. The summed E-state index contributed by atoms with van der Waals surface area (Å²) in [6.45, 7) is 9.24. The molecule has 110 valence electrons. The van der Waals surface area contributed by atoms with E-state index in [4.69, 9.17) is 0 Å². The second-order valence-corrected chi connectivity index (χ2v) is 5.84. The van der Waals surface area contributed by atoms with E-state index in [2.05, 4.69) is 54.6 Å².